The molecule has 3 aliphatic heterocycles. The zero-order valence-electron chi connectivity index (χ0n) is 24.0. The quantitative estimate of drug-likeness (QED) is 0.463. The Kier molecular flexibility index (Phi) is 8.71. The van der Waals surface area contributed by atoms with Gasteiger partial charge in [-0.3, -0.25) is 9.59 Å². The van der Waals surface area contributed by atoms with Crippen LogP contribution in [0.25, 0.3) is 0 Å². The van der Waals surface area contributed by atoms with E-state index >= 15 is 0 Å². The van der Waals surface area contributed by atoms with Crippen molar-refractivity contribution in [2.24, 2.45) is 0 Å². The molecule has 1 aromatic heterocycles. The first-order valence-corrected chi connectivity index (χ1v) is 16.9. The summed E-state index contributed by atoms with van der Waals surface area (Å²) in [6.07, 6.45) is 2.52. The Hall–Kier alpha value is -3.45. The number of benzene rings is 2. The van der Waals surface area contributed by atoms with E-state index in [2.05, 4.69) is 5.32 Å². The number of amides is 2. The van der Waals surface area contributed by atoms with Crippen molar-refractivity contribution in [2.75, 3.05) is 33.3 Å². The minimum atomic E-state index is -3.75. The lowest BCUT2D eigenvalue weighted by Crippen LogP contribution is -2.57. The van der Waals surface area contributed by atoms with Crippen LogP contribution in [-0.2, 0) is 32.6 Å². The number of rotatable bonds is 4. The van der Waals surface area contributed by atoms with Crippen molar-refractivity contribution in [1.82, 2.24) is 14.5 Å². The molecule has 2 amide bonds. The number of likely N-dealkylation sites (tertiary alicyclic amines) is 1. The van der Waals surface area contributed by atoms with E-state index < -0.39 is 16.1 Å². The highest BCUT2D eigenvalue weighted by molar-refractivity contribution is 7.89. The van der Waals surface area contributed by atoms with Gasteiger partial charge in [0.05, 0.1) is 25.9 Å². The largest absolute Gasteiger partial charge is 0.493 e. The van der Waals surface area contributed by atoms with E-state index in [1.54, 1.807) is 17.4 Å². The van der Waals surface area contributed by atoms with Gasteiger partial charge in [0, 0.05) is 32.6 Å². The average molecular weight is 626 g/mol. The second-order valence-corrected chi connectivity index (χ2v) is 13.8. The zero-order chi connectivity index (χ0) is 30.0. The summed E-state index contributed by atoms with van der Waals surface area (Å²) in [5.74, 6) is 1.31. The molecule has 12 heteroatoms. The van der Waals surface area contributed by atoms with Gasteiger partial charge in [0.2, 0.25) is 15.9 Å². The van der Waals surface area contributed by atoms with E-state index in [0.717, 1.165) is 35.3 Å². The molecule has 4 heterocycles. The smallest absolute Gasteiger partial charge is 0.265 e. The summed E-state index contributed by atoms with van der Waals surface area (Å²) < 4.78 is 46.0. The topological polar surface area (TPSA) is 114 Å². The van der Waals surface area contributed by atoms with Crippen molar-refractivity contribution in [3.05, 3.63) is 69.9 Å². The Morgan fingerprint density at radius 1 is 1.05 bits per heavy atom. The minimum absolute atomic E-state index is 0.0647. The van der Waals surface area contributed by atoms with Crippen LogP contribution in [0.3, 0.4) is 0 Å². The number of thiophene rings is 1. The van der Waals surface area contributed by atoms with Crippen molar-refractivity contribution in [3.63, 3.8) is 0 Å². The van der Waals surface area contributed by atoms with Crippen molar-refractivity contribution in [2.45, 2.75) is 55.8 Å². The monoisotopic (exact) mass is 625 g/mol. The molecule has 0 radical (unpaired) electrons. The molecule has 228 valence electrons. The lowest BCUT2D eigenvalue weighted by molar-refractivity contribution is -0.124. The second kappa shape index (κ2) is 12.7. The number of nitrogens with one attached hydrogen (secondary N) is 1. The van der Waals surface area contributed by atoms with Crippen molar-refractivity contribution < 1.29 is 32.2 Å². The number of piperidine rings is 1. The van der Waals surface area contributed by atoms with Gasteiger partial charge in [-0.05, 0) is 72.5 Å². The number of carbonyl (C=O) groups excluding carboxylic acids is 2. The number of nitrogens with zero attached hydrogens (tertiary/aromatic N) is 2. The Bertz CT molecular complexity index is 1600. The number of sulfonamides is 1. The van der Waals surface area contributed by atoms with E-state index in [-0.39, 0.29) is 40.7 Å². The maximum atomic E-state index is 13.7. The minimum Gasteiger partial charge on any atom is -0.493 e. The first kappa shape index (κ1) is 29.6. The van der Waals surface area contributed by atoms with Crippen molar-refractivity contribution in [1.29, 1.82) is 0 Å². The van der Waals surface area contributed by atoms with Gasteiger partial charge in [0.25, 0.3) is 5.91 Å². The molecule has 2 saturated heterocycles. The highest BCUT2D eigenvalue weighted by Crippen LogP contribution is 2.34. The van der Waals surface area contributed by atoms with Crippen LogP contribution in [-0.4, -0.2) is 74.9 Å². The Morgan fingerprint density at radius 3 is 2.70 bits per heavy atom. The van der Waals surface area contributed by atoms with E-state index in [0.29, 0.717) is 56.3 Å². The van der Waals surface area contributed by atoms with Gasteiger partial charge < -0.3 is 24.4 Å². The summed E-state index contributed by atoms with van der Waals surface area (Å²) in [5, 5.41) is 4.76. The summed E-state index contributed by atoms with van der Waals surface area (Å²) in [4.78, 5) is 28.8. The van der Waals surface area contributed by atoms with Crippen LogP contribution < -0.4 is 14.8 Å². The Balaban J connectivity index is 1.23. The molecule has 3 aliphatic rings. The van der Waals surface area contributed by atoms with Crippen LogP contribution in [0.1, 0.15) is 46.5 Å². The predicted octanol–water partition coefficient (Wildman–Crippen LogP) is 4.20. The predicted molar refractivity (Wildman–Crippen MR) is 161 cm³/mol. The highest BCUT2D eigenvalue weighted by Gasteiger charge is 2.37. The number of aryl methyl sites for hydroxylation is 1. The summed E-state index contributed by atoms with van der Waals surface area (Å²) in [5.41, 5.74) is 1.83. The van der Waals surface area contributed by atoms with Crippen LogP contribution in [0.2, 0.25) is 0 Å². The van der Waals surface area contributed by atoms with Crippen LogP contribution in [0.5, 0.6) is 17.2 Å². The highest BCUT2D eigenvalue weighted by atomic mass is 32.2. The fraction of sp³-hybridized carbons (Fsp3) is 0.419. The summed E-state index contributed by atoms with van der Waals surface area (Å²) in [6.45, 7) is 1.82. The lowest BCUT2D eigenvalue weighted by Gasteiger charge is -2.38. The maximum absolute atomic E-state index is 13.7. The average Bonchev–Trinajstić information content (AvgIpc) is 3.73. The number of carbonyl (C=O) groups is 2. The third kappa shape index (κ3) is 6.42. The Morgan fingerprint density at radius 2 is 1.88 bits per heavy atom. The van der Waals surface area contributed by atoms with E-state index in [9.17, 15) is 18.0 Å². The van der Waals surface area contributed by atoms with Crippen LogP contribution in [0.15, 0.2) is 58.8 Å². The third-order valence-corrected chi connectivity index (χ3v) is 11.1. The van der Waals surface area contributed by atoms with Gasteiger partial charge >= 0.3 is 0 Å². The van der Waals surface area contributed by atoms with Crippen LogP contribution >= 0.6 is 11.3 Å². The van der Waals surface area contributed by atoms with E-state index in [4.69, 9.17) is 14.2 Å². The molecule has 0 saturated carbocycles. The van der Waals surface area contributed by atoms with Gasteiger partial charge in [-0.25, -0.2) is 8.42 Å². The van der Waals surface area contributed by atoms with E-state index in [1.807, 2.05) is 42.5 Å². The number of methoxy groups -OCH3 is 1. The van der Waals surface area contributed by atoms with Crippen LogP contribution in [0, 0.1) is 0 Å². The lowest BCUT2D eigenvalue weighted by atomic mass is 10.0. The summed E-state index contributed by atoms with van der Waals surface area (Å²) in [6, 6.07) is 14.3. The fourth-order valence-corrected chi connectivity index (χ4v) is 8.72. The van der Waals surface area contributed by atoms with Gasteiger partial charge in [0.15, 0.2) is 11.5 Å². The molecule has 0 aliphatic carbocycles. The molecule has 0 spiro atoms. The first-order chi connectivity index (χ1) is 20.8. The van der Waals surface area contributed by atoms with Gasteiger partial charge in [-0.2, -0.15) is 4.31 Å². The normalized spacial score (nSPS) is 21.6. The number of hydrogen-bond donors (Lipinski definition) is 1. The molecule has 4 bridgehead atoms. The zero-order valence-corrected chi connectivity index (χ0v) is 25.6. The number of fused-ring (bicyclic) bond motifs is 5. The maximum Gasteiger partial charge on any atom is 0.265 e. The molecular formula is C31H35N3O7S2. The number of ether oxygens (including phenoxy) is 3. The second-order valence-electron chi connectivity index (χ2n) is 11.0. The number of hydrogen-bond acceptors (Lipinski definition) is 8. The van der Waals surface area contributed by atoms with Crippen molar-refractivity contribution >= 4 is 33.2 Å². The third-order valence-electron chi connectivity index (χ3n) is 8.15. The van der Waals surface area contributed by atoms with E-state index in [1.165, 1.54) is 10.4 Å². The molecule has 3 aromatic rings. The Labute approximate surface area is 255 Å². The van der Waals surface area contributed by atoms with Gasteiger partial charge in [-0.15, -0.1) is 11.3 Å². The molecular weight excluding hydrogens is 590 g/mol. The molecule has 2 atom stereocenters. The molecule has 10 nitrogen and oxygen atoms in total. The molecule has 43 heavy (non-hydrogen) atoms. The molecule has 2 fully saturated rings. The van der Waals surface area contributed by atoms with Gasteiger partial charge in [0.1, 0.15) is 15.5 Å². The molecule has 6 rings (SSSR count). The molecule has 0 unspecified atom stereocenters. The standard InChI is InChI=1S/C31H35N3O7S2/c1-39-26-9-7-21-8-10-29(35)32-24-19-33(31(36)30-28(12-16-42-30)43(37,38)34-13-2-3-14-34)15-11-25(24)40-20-22-5-4-6-23(17-22)41-27(26)18-21/h4-7,9,12,16-18,24-25H,2-3,8,10-11,13-15,19-20H2,1H3,(H,32,35)/t24-,25+/m0/s1. The fourth-order valence-electron chi connectivity index (χ4n) is 5.84. The summed E-state index contributed by atoms with van der Waals surface area (Å²) >= 11 is 1.14. The summed E-state index contributed by atoms with van der Waals surface area (Å²) in [7, 11) is -2.16. The van der Waals surface area contributed by atoms with Crippen molar-refractivity contribution in [3.8, 4) is 17.2 Å². The first-order valence-electron chi connectivity index (χ1n) is 14.5. The molecule has 1 N–H and O–H groups in total. The van der Waals surface area contributed by atoms with Gasteiger partial charge in [-0.1, -0.05) is 18.2 Å². The molecule has 2 aromatic carbocycles. The van der Waals surface area contributed by atoms with Crippen LogP contribution in [0.4, 0.5) is 0 Å². The SMILES string of the molecule is COc1ccc2cc1Oc1cccc(c1)CO[C@@H]1CCN(C(=O)c3sccc3S(=O)(=O)N3CCCC3)C[C@@H]1NC(=O)CC2.